The van der Waals surface area contributed by atoms with Crippen molar-refractivity contribution < 1.29 is 4.79 Å². The second-order valence-electron chi connectivity index (χ2n) is 5.67. The molecule has 1 aromatic heterocycles. The van der Waals surface area contributed by atoms with E-state index in [1.165, 1.54) is 5.56 Å². The Morgan fingerprint density at radius 1 is 1.00 bits per heavy atom. The van der Waals surface area contributed by atoms with Crippen molar-refractivity contribution in [1.82, 2.24) is 10.2 Å². The predicted octanol–water partition coefficient (Wildman–Crippen LogP) is 2.10. The Morgan fingerprint density at radius 3 is 2.46 bits per heavy atom. The van der Waals surface area contributed by atoms with Gasteiger partial charge in [-0.25, -0.2) is 0 Å². The van der Waals surface area contributed by atoms with Crippen LogP contribution in [-0.4, -0.2) is 16.1 Å². The quantitative estimate of drug-likeness (QED) is 0.686. The Hall–Kier alpha value is -3.15. The summed E-state index contributed by atoms with van der Waals surface area (Å²) in [5, 5.41) is 7.70. The molecule has 3 rings (SSSR count). The van der Waals surface area contributed by atoms with E-state index in [-0.39, 0.29) is 16.7 Å². The van der Waals surface area contributed by atoms with Crippen molar-refractivity contribution >= 4 is 22.4 Å². The molecular formula is C18H17N3O3. The molecule has 0 saturated heterocycles. The largest absolute Gasteiger partial charge is 0.325 e. The maximum Gasteiger partial charge on any atom is 0.272 e. The summed E-state index contributed by atoms with van der Waals surface area (Å²) in [6.45, 7) is 2.01. The van der Waals surface area contributed by atoms with Gasteiger partial charge in [-0.15, -0.1) is 0 Å². The molecule has 0 spiro atoms. The van der Waals surface area contributed by atoms with Crippen molar-refractivity contribution in [3.63, 3.8) is 0 Å². The molecule has 3 N–H and O–H groups in total. The summed E-state index contributed by atoms with van der Waals surface area (Å²) in [5.41, 5.74) is 1.74. The van der Waals surface area contributed by atoms with E-state index in [2.05, 4.69) is 15.5 Å². The minimum absolute atomic E-state index is 0.185. The molecule has 6 heteroatoms. The van der Waals surface area contributed by atoms with Crippen LogP contribution in [-0.2, 0) is 11.2 Å². The van der Waals surface area contributed by atoms with Gasteiger partial charge in [0, 0.05) is 6.42 Å². The molecule has 24 heavy (non-hydrogen) atoms. The number of rotatable bonds is 4. The predicted molar refractivity (Wildman–Crippen MR) is 93.3 cm³/mol. The van der Waals surface area contributed by atoms with E-state index in [1.54, 1.807) is 18.2 Å². The molecule has 0 unspecified atom stereocenters. The van der Waals surface area contributed by atoms with Crippen LogP contribution in [0.25, 0.3) is 10.8 Å². The smallest absolute Gasteiger partial charge is 0.272 e. The van der Waals surface area contributed by atoms with Gasteiger partial charge in [0.15, 0.2) is 0 Å². The zero-order valence-electron chi connectivity index (χ0n) is 13.2. The summed E-state index contributed by atoms with van der Waals surface area (Å²) < 4.78 is 0. The molecule has 0 aliphatic heterocycles. The summed E-state index contributed by atoms with van der Waals surface area (Å²) in [4.78, 5) is 35.9. The number of benzene rings is 2. The third-order valence-corrected chi connectivity index (χ3v) is 3.86. The van der Waals surface area contributed by atoms with Crippen LogP contribution in [0.5, 0.6) is 0 Å². The summed E-state index contributed by atoms with van der Waals surface area (Å²) >= 11 is 0. The number of aromatic nitrogens is 2. The fourth-order valence-corrected chi connectivity index (χ4v) is 2.56. The van der Waals surface area contributed by atoms with Gasteiger partial charge in [-0.05, 0) is 31.0 Å². The molecule has 3 aromatic rings. The molecule has 0 fully saturated rings. The third-order valence-electron chi connectivity index (χ3n) is 3.86. The van der Waals surface area contributed by atoms with Gasteiger partial charge >= 0.3 is 0 Å². The Bertz CT molecular complexity index is 1000. The number of H-pyrrole nitrogens is 2. The third kappa shape index (κ3) is 3.27. The Kier molecular flexibility index (Phi) is 4.29. The van der Waals surface area contributed by atoms with Gasteiger partial charge < -0.3 is 5.32 Å². The minimum Gasteiger partial charge on any atom is -0.325 e. The highest BCUT2D eigenvalue weighted by Gasteiger charge is 2.11. The molecule has 0 bridgehead atoms. The van der Waals surface area contributed by atoms with Gasteiger partial charge in [-0.2, -0.15) is 0 Å². The first-order chi connectivity index (χ1) is 11.5. The van der Waals surface area contributed by atoms with Gasteiger partial charge in [0.25, 0.3) is 11.1 Å². The van der Waals surface area contributed by atoms with Crippen molar-refractivity contribution in [2.45, 2.75) is 19.8 Å². The molecule has 2 aromatic carbocycles. The van der Waals surface area contributed by atoms with Crippen LogP contribution in [0, 0.1) is 6.92 Å². The number of carbonyl (C=O) groups is 1. The highest BCUT2D eigenvalue weighted by molar-refractivity contribution is 6.01. The molecule has 1 amide bonds. The van der Waals surface area contributed by atoms with Crippen LogP contribution >= 0.6 is 0 Å². The van der Waals surface area contributed by atoms with Crippen molar-refractivity contribution in [3.8, 4) is 0 Å². The number of amides is 1. The van der Waals surface area contributed by atoms with Crippen LogP contribution in [0.15, 0.2) is 52.1 Å². The van der Waals surface area contributed by atoms with E-state index >= 15 is 0 Å². The van der Waals surface area contributed by atoms with E-state index in [4.69, 9.17) is 0 Å². The number of fused-ring (bicyclic) bond motifs is 1. The van der Waals surface area contributed by atoms with Gasteiger partial charge in [-0.3, -0.25) is 24.6 Å². The normalized spacial score (nSPS) is 10.7. The number of hydrogen-bond donors (Lipinski definition) is 3. The average Bonchev–Trinajstić information content (AvgIpc) is 2.58. The fraction of sp³-hybridized carbons (Fsp3) is 0.167. The fourth-order valence-electron chi connectivity index (χ4n) is 2.56. The number of carbonyl (C=O) groups excluding carboxylic acids is 1. The lowest BCUT2D eigenvalue weighted by molar-refractivity contribution is -0.116. The number of nitrogens with one attached hydrogen (secondary N) is 3. The molecular weight excluding hydrogens is 306 g/mol. The molecule has 0 radical (unpaired) electrons. The van der Waals surface area contributed by atoms with Crippen LogP contribution in [0.3, 0.4) is 0 Å². The van der Waals surface area contributed by atoms with Crippen LogP contribution in [0.2, 0.25) is 0 Å². The number of aryl methyl sites for hydroxylation is 2. The number of hydrogen-bond acceptors (Lipinski definition) is 3. The zero-order chi connectivity index (χ0) is 17.1. The van der Waals surface area contributed by atoms with Crippen LogP contribution in [0.1, 0.15) is 17.5 Å². The van der Waals surface area contributed by atoms with Crippen LogP contribution < -0.4 is 16.4 Å². The summed E-state index contributed by atoms with van der Waals surface area (Å²) in [5.74, 6) is -0.206. The Balaban J connectivity index is 1.78. The maximum atomic E-state index is 12.2. The number of anilines is 1. The molecule has 0 saturated carbocycles. The highest BCUT2D eigenvalue weighted by atomic mass is 16.2. The first kappa shape index (κ1) is 15.7. The lowest BCUT2D eigenvalue weighted by atomic mass is 10.1. The topological polar surface area (TPSA) is 94.8 Å². The minimum atomic E-state index is -0.445. The lowest BCUT2D eigenvalue weighted by Crippen LogP contribution is -2.21. The van der Waals surface area contributed by atoms with E-state index in [0.717, 1.165) is 5.56 Å². The Morgan fingerprint density at radius 2 is 1.71 bits per heavy atom. The SMILES string of the molecule is Cc1ccc(CCC(=O)Nc2cccc3c(=O)[nH][nH]c(=O)c23)cc1. The average molecular weight is 323 g/mol. The van der Waals surface area contributed by atoms with E-state index in [1.807, 2.05) is 31.2 Å². The van der Waals surface area contributed by atoms with Gasteiger partial charge in [0.05, 0.1) is 16.5 Å². The number of aromatic amines is 2. The lowest BCUT2D eigenvalue weighted by Gasteiger charge is -2.08. The molecule has 0 atom stereocenters. The summed E-state index contributed by atoms with van der Waals surface area (Å²) in [6.07, 6.45) is 0.897. The molecule has 0 aliphatic rings. The van der Waals surface area contributed by atoms with Gasteiger partial charge in [-0.1, -0.05) is 35.9 Å². The first-order valence-electron chi connectivity index (χ1n) is 7.63. The van der Waals surface area contributed by atoms with Crippen molar-refractivity contribution in [1.29, 1.82) is 0 Å². The molecule has 0 aliphatic carbocycles. The van der Waals surface area contributed by atoms with Gasteiger partial charge in [0.2, 0.25) is 5.91 Å². The second kappa shape index (κ2) is 6.54. The molecule has 1 heterocycles. The van der Waals surface area contributed by atoms with E-state index in [9.17, 15) is 14.4 Å². The summed E-state index contributed by atoms with van der Waals surface area (Å²) in [6, 6.07) is 12.8. The molecule has 6 nitrogen and oxygen atoms in total. The van der Waals surface area contributed by atoms with E-state index in [0.29, 0.717) is 18.5 Å². The standard InChI is InChI=1S/C18H17N3O3/c1-11-5-7-12(8-6-11)9-10-15(22)19-14-4-2-3-13-16(14)18(24)21-20-17(13)23/h2-8H,9-10H2,1H3,(H,19,22)(H,20,23)(H,21,24). The van der Waals surface area contributed by atoms with Crippen LogP contribution in [0.4, 0.5) is 5.69 Å². The Labute approximate surface area is 137 Å². The monoisotopic (exact) mass is 323 g/mol. The highest BCUT2D eigenvalue weighted by Crippen LogP contribution is 2.17. The molecule has 122 valence electrons. The zero-order valence-corrected chi connectivity index (χ0v) is 13.2. The van der Waals surface area contributed by atoms with Crippen molar-refractivity contribution in [2.24, 2.45) is 0 Å². The maximum absolute atomic E-state index is 12.2. The second-order valence-corrected chi connectivity index (χ2v) is 5.67. The van der Waals surface area contributed by atoms with Gasteiger partial charge in [0.1, 0.15) is 0 Å². The van der Waals surface area contributed by atoms with Crippen molar-refractivity contribution in [3.05, 3.63) is 74.3 Å². The van der Waals surface area contributed by atoms with Crippen molar-refractivity contribution in [2.75, 3.05) is 5.32 Å². The first-order valence-corrected chi connectivity index (χ1v) is 7.63. The van der Waals surface area contributed by atoms with E-state index < -0.39 is 11.1 Å². The summed E-state index contributed by atoms with van der Waals surface area (Å²) in [7, 11) is 0.